The first-order valence-electron chi connectivity index (χ1n) is 8.49. The van der Waals surface area contributed by atoms with Gasteiger partial charge in [0.05, 0.1) is 13.0 Å². The van der Waals surface area contributed by atoms with Gasteiger partial charge in [-0.3, -0.25) is 4.79 Å². The van der Waals surface area contributed by atoms with Crippen LogP contribution < -0.4 is 9.47 Å². The van der Waals surface area contributed by atoms with Crippen molar-refractivity contribution in [3.63, 3.8) is 0 Å². The first kappa shape index (κ1) is 20.5. The summed E-state index contributed by atoms with van der Waals surface area (Å²) in [6.07, 6.45) is -4.55. The van der Waals surface area contributed by atoms with E-state index in [1.54, 1.807) is 23.1 Å². The SMILES string of the molecule is COc1cc(C(C)=O)ccc1OC[C@H](O)CN1CCC[C@@H](C(F)(F)F)C1. The number of ketones is 1. The first-order chi connectivity index (χ1) is 12.2. The summed E-state index contributed by atoms with van der Waals surface area (Å²) in [6.45, 7) is 1.90. The number of piperidine rings is 1. The highest BCUT2D eigenvalue weighted by atomic mass is 19.4. The maximum atomic E-state index is 12.8. The lowest BCUT2D eigenvalue weighted by atomic mass is 9.97. The van der Waals surface area contributed by atoms with Gasteiger partial charge in [-0.05, 0) is 44.5 Å². The van der Waals surface area contributed by atoms with Gasteiger partial charge < -0.3 is 19.5 Å². The minimum absolute atomic E-state index is 0.0804. The number of halogens is 3. The molecule has 8 heteroatoms. The van der Waals surface area contributed by atoms with E-state index in [4.69, 9.17) is 9.47 Å². The third kappa shape index (κ3) is 5.60. The number of likely N-dealkylation sites (tertiary alicyclic amines) is 1. The molecule has 1 fully saturated rings. The van der Waals surface area contributed by atoms with Crippen molar-refractivity contribution < 1.29 is 32.5 Å². The van der Waals surface area contributed by atoms with Crippen LogP contribution in [0.3, 0.4) is 0 Å². The molecule has 1 aromatic carbocycles. The number of benzene rings is 1. The van der Waals surface area contributed by atoms with Gasteiger partial charge in [0, 0.05) is 18.7 Å². The number of hydrogen-bond acceptors (Lipinski definition) is 5. The van der Waals surface area contributed by atoms with Crippen LogP contribution in [0.2, 0.25) is 0 Å². The Morgan fingerprint density at radius 3 is 2.73 bits per heavy atom. The van der Waals surface area contributed by atoms with Crippen molar-refractivity contribution in [3.05, 3.63) is 23.8 Å². The molecule has 1 heterocycles. The minimum Gasteiger partial charge on any atom is -0.493 e. The number of alkyl halides is 3. The van der Waals surface area contributed by atoms with Crippen molar-refractivity contribution in [2.45, 2.75) is 32.0 Å². The lowest BCUT2D eigenvalue weighted by molar-refractivity contribution is -0.187. The molecule has 2 rings (SSSR count). The van der Waals surface area contributed by atoms with Gasteiger partial charge >= 0.3 is 6.18 Å². The van der Waals surface area contributed by atoms with Crippen LogP contribution in [0, 0.1) is 5.92 Å². The van der Waals surface area contributed by atoms with E-state index in [-0.39, 0.29) is 31.9 Å². The van der Waals surface area contributed by atoms with Crippen molar-refractivity contribution in [1.29, 1.82) is 0 Å². The predicted octanol–water partition coefficient (Wildman–Crippen LogP) is 2.91. The predicted molar refractivity (Wildman–Crippen MR) is 89.7 cm³/mol. The molecule has 0 amide bonds. The Hall–Kier alpha value is -1.80. The van der Waals surface area contributed by atoms with Crippen molar-refractivity contribution >= 4 is 5.78 Å². The van der Waals surface area contributed by atoms with E-state index in [1.165, 1.54) is 14.0 Å². The van der Waals surface area contributed by atoms with E-state index in [0.717, 1.165) is 0 Å². The number of rotatable bonds is 7. The van der Waals surface area contributed by atoms with E-state index < -0.39 is 18.2 Å². The summed E-state index contributed by atoms with van der Waals surface area (Å²) in [6, 6.07) is 4.70. The van der Waals surface area contributed by atoms with Crippen molar-refractivity contribution in [1.82, 2.24) is 4.90 Å². The van der Waals surface area contributed by atoms with E-state index in [2.05, 4.69) is 0 Å². The quantitative estimate of drug-likeness (QED) is 0.743. The van der Waals surface area contributed by atoms with Crippen LogP contribution in [0.15, 0.2) is 18.2 Å². The minimum atomic E-state index is -4.20. The normalized spacial score (nSPS) is 19.8. The molecule has 1 N–H and O–H groups in total. The number of Topliss-reactive ketones (excluding diaryl/α,β-unsaturated/α-hetero) is 1. The summed E-state index contributed by atoms with van der Waals surface area (Å²) in [5.74, 6) is -0.730. The van der Waals surface area contributed by atoms with Gasteiger partial charge in [0.2, 0.25) is 0 Å². The van der Waals surface area contributed by atoms with Crippen LogP contribution in [0.1, 0.15) is 30.1 Å². The second-order valence-corrected chi connectivity index (χ2v) is 6.53. The summed E-state index contributed by atoms with van der Waals surface area (Å²) in [4.78, 5) is 13.0. The Morgan fingerprint density at radius 1 is 1.38 bits per heavy atom. The summed E-state index contributed by atoms with van der Waals surface area (Å²) in [5, 5.41) is 10.1. The monoisotopic (exact) mass is 375 g/mol. The highest BCUT2D eigenvalue weighted by Crippen LogP contribution is 2.33. The first-order valence-corrected chi connectivity index (χ1v) is 8.49. The van der Waals surface area contributed by atoms with Gasteiger partial charge in [-0.1, -0.05) is 0 Å². The van der Waals surface area contributed by atoms with Gasteiger partial charge in [-0.15, -0.1) is 0 Å². The largest absolute Gasteiger partial charge is 0.493 e. The van der Waals surface area contributed by atoms with Gasteiger partial charge in [0.15, 0.2) is 17.3 Å². The van der Waals surface area contributed by atoms with Crippen LogP contribution in [-0.2, 0) is 0 Å². The summed E-state index contributed by atoms with van der Waals surface area (Å²) >= 11 is 0. The average Bonchev–Trinajstić information content (AvgIpc) is 2.59. The average molecular weight is 375 g/mol. The fourth-order valence-electron chi connectivity index (χ4n) is 3.03. The topological polar surface area (TPSA) is 59.0 Å². The Balaban J connectivity index is 1.88. The second-order valence-electron chi connectivity index (χ2n) is 6.53. The molecule has 0 aliphatic carbocycles. The molecule has 0 bridgehead atoms. The molecule has 5 nitrogen and oxygen atoms in total. The number of carbonyl (C=O) groups excluding carboxylic acids is 1. The number of carbonyl (C=O) groups is 1. The maximum Gasteiger partial charge on any atom is 0.393 e. The molecular formula is C18H24F3NO4. The lowest BCUT2D eigenvalue weighted by Gasteiger charge is -2.34. The van der Waals surface area contributed by atoms with E-state index in [9.17, 15) is 23.1 Å². The number of aliphatic hydroxyl groups is 1. The van der Waals surface area contributed by atoms with Crippen LogP contribution in [0.4, 0.5) is 13.2 Å². The smallest absolute Gasteiger partial charge is 0.393 e. The second kappa shape index (κ2) is 8.73. The Bertz CT molecular complexity index is 621. The molecule has 0 aromatic heterocycles. The Labute approximate surface area is 150 Å². The molecule has 26 heavy (non-hydrogen) atoms. The number of methoxy groups -OCH3 is 1. The molecule has 0 radical (unpaired) electrons. The van der Waals surface area contributed by atoms with Crippen LogP contribution in [0.25, 0.3) is 0 Å². The number of ether oxygens (including phenoxy) is 2. The molecule has 0 unspecified atom stereocenters. The van der Waals surface area contributed by atoms with Gasteiger partial charge in [-0.2, -0.15) is 13.2 Å². The van der Waals surface area contributed by atoms with Crippen molar-refractivity contribution in [2.75, 3.05) is 33.4 Å². The van der Waals surface area contributed by atoms with E-state index in [0.29, 0.717) is 30.0 Å². The molecule has 1 aliphatic heterocycles. The van der Waals surface area contributed by atoms with Crippen molar-refractivity contribution in [2.24, 2.45) is 5.92 Å². The highest BCUT2D eigenvalue weighted by Gasteiger charge is 2.41. The fraction of sp³-hybridized carbons (Fsp3) is 0.611. The fourth-order valence-corrected chi connectivity index (χ4v) is 3.03. The summed E-state index contributed by atoms with van der Waals surface area (Å²) in [7, 11) is 1.44. The molecule has 1 aromatic rings. The third-order valence-corrected chi connectivity index (χ3v) is 4.44. The number of nitrogens with zero attached hydrogens (tertiary/aromatic N) is 1. The maximum absolute atomic E-state index is 12.8. The molecule has 2 atom stereocenters. The van der Waals surface area contributed by atoms with E-state index in [1.807, 2.05) is 0 Å². The van der Waals surface area contributed by atoms with E-state index >= 15 is 0 Å². The number of hydrogen-bond donors (Lipinski definition) is 1. The van der Waals surface area contributed by atoms with Crippen molar-refractivity contribution in [3.8, 4) is 11.5 Å². The standard InChI is InChI=1S/C18H24F3NO4/c1-12(23)13-5-6-16(17(8-13)25-2)26-11-15(24)10-22-7-3-4-14(9-22)18(19,20)21/h5-6,8,14-15,24H,3-4,7,9-11H2,1-2H3/t14-,15-/m1/s1. The zero-order valence-electron chi connectivity index (χ0n) is 14.9. The van der Waals surface area contributed by atoms with Crippen LogP contribution >= 0.6 is 0 Å². The molecular weight excluding hydrogens is 351 g/mol. The molecule has 1 aliphatic rings. The Morgan fingerprint density at radius 2 is 2.12 bits per heavy atom. The van der Waals surface area contributed by atoms with Gasteiger partial charge in [0.1, 0.15) is 12.7 Å². The van der Waals surface area contributed by atoms with Gasteiger partial charge in [0.25, 0.3) is 0 Å². The zero-order valence-corrected chi connectivity index (χ0v) is 14.9. The number of aliphatic hydroxyl groups excluding tert-OH is 1. The third-order valence-electron chi connectivity index (χ3n) is 4.44. The van der Waals surface area contributed by atoms with Gasteiger partial charge in [-0.25, -0.2) is 0 Å². The molecule has 1 saturated heterocycles. The Kier molecular flexibility index (Phi) is 6.88. The lowest BCUT2D eigenvalue weighted by Crippen LogP contribution is -2.45. The molecule has 0 saturated carbocycles. The number of β-amino-alcohol motifs (C(OH)–C–C–N with tert-alkyl or cyclic N) is 1. The summed E-state index contributed by atoms with van der Waals surface area (Å²) in [5.41, 5.74) is 0.473. The molecule has 0 spiro atoms. The zero-order chi connectivity index (χ0) is 19.3. The summed E-state index contributed by atoms with van der Waals surface area (Å²) < 4.78 is 49.2. The molecule has 146 valence electrons. The van der Waals surface area contributed by atoms with Crippen LogP contribution in [-0.4, -0.2) is 61.4 Å². The highest BCUT2D eigenvalue weighted by molar-refractivity contribution is 5.94. The van der Waals surface area contributed by atoms with Crippen LogP contribution in [0.5, 0.6) is 11.5 Å².